The van der Waals surface area contributed by atoms with E-state index in [-0.39, 0.29) is 16.4 Å². The van der Waals surface area contributed by atoms with E-state index in [9.17, 15) is 9.18 Å². The van der Waals surface area contributed by atoms with Crippen LogP contribution in [0.5, 0.6) is 0 Å². The highest BCUT2D eigenvalue weighted by atomic mass is 35.5. The monoisotopic (exact) mass is 301 g/mol. The normalized spacial score (nSPS) is 11.0. The second kappa shape index (κ2) is 5.34. The van der Waals surface area contributed by atoms with Gasteiger partial charge in [-0.2, -0.15) is 0 Å². The number of para-hydroxylation sites is 1. The van der Waals surface area contributed by atoms with Crippen molar-refractivity contribution in [2.45, 2.75) is 13.3 Å². The molecule has 1 aromatic heterocycles. The molecule has 3 aromatic rings. The smallest absolute Gasteiger partial charge is 0.196 e. The molecule has 0 radical (unpaired) electrons. The van der Waals surface area contributed by atoms with Crippen LogP contribution < -0.4 is 0 Å². The standard InChI is InChI=1S/C17H13ClFNO/c1-2-10-5-3-6-11-13(9-20-16(10)11)17(21)12-7-4-8-14(19)15(12)18/h3-9,20H,2H2,1H3. The minimum Gasteiger partial charge on any atom is -0.360 e. The molecule has 2 nitrogen and oxygen atoms in total. The van der Waals surface area contributed by atoms with Crippen molar-refractivity contribution in [2.24, 2.45) is 0 Å². The predicted molar refractivity (Wildman–Crippen MR) is 82.5 cm³/mol. The highest BCUT2D eigenvalue weighted by molar-refractivity contribution is 6.35. The van der Waals surface area contributed by atoms with Gasteiger partial charge in [-0.05, 0) is 24.1 Å². The number of fused-ring (bicyclic) bond motifs is 1. The topological polar surface area (TPSA) is 32.9 Å². The number of rotatable bonds is 3. The zero-order valence-electron chi connectivity index (χ0n) is 11.4. The number of carbonyl (C=O) groups excluding carboxylic acids is 1. The van der Waals surface area contributed by atoms with Gasteiger partial charge in [-0.15, -0.1) is 0 Å². The molecule has 106 valence electrons. The molecule has 0 unspecified atom stereocenters. The molecular weight excluding hydrogens is 289 g/mol. The van der Waals surface area contributed by atoms with E-state index in [4.69, 9.17) is 11.6 Å². The third kappa shape index (κ3) is 2.24. The van der Waals surface area contributed by atoms with Crippen molar-refractivity contribution in [3.63, 3.8) is 0 Å². The zero-order chi connectivity index (χ0) is 15.0. The van der Waals surface area contributed by atoms with E-state index < -0.39 is 5.82 Å². The molecule has 1 heterocycles. The van der Waals surface area contributed by atoms with E-state index >= 15 is 0 Å². The molecule has 0 aliphatic rings. The van der Waals surface area contributed by atoms with Crippen LogP contribution in [0.25, 0.3) is 10.9 Å². The Balaban J connectivity index is 2.17. The van der Waals surface area contributed by atoms with Gasteiger partial charge in [-0.25, -0.2) is 4.39 Å². The van der Waals surface area contributed by atoms with Gasteiger partial charge in [0, 0.05) is 28.2 Å². The molecule has 0 atom stereocenters. The third-order valence-corrected chi connectivity index (χ3v) is 4.01. The van der Waals surface area contributed by atoms with Crippen LogP contribution in [0, 0.1) is 5.82 Å². The lowest BCUT2D eigenvalue weighted by atomic mass is 10.0. The van der Waals surface area contributed by atoms with Crippen LogP contribution in [-0.4, -0.2) is 10.8 Å². The number of H-pyrrole nitrogens is 1. The number of aromatic amines is 1. The van der Waals surface area contributed by atoms with Crippen molar-refractivity contribution in [1.29, 1.82) is 0 Å². The maximum atomic E-state index is 13.5. The molecule has 0 amide bonds. The van der Waals surface area contributed by atoms with Crippen LogP contribution in [0.15, 0.2) is 42.6 Å². The number of halogens is 2. The quantitative estimate of drug-likeness (QED) is 0.695. The Morgan fingerprint density at radius 3 is 2.71 bits per heavy atom. The molecule has 4 heteroatoms. The summed E-state index contributed by atoms with van der Waals surface area (Å²) in [6, 6.07) is 10.1. The van der Waals surface area contributed by atoms with Crippen LogP contribution in [0.1, 0.15) is 28.4 Å². The summed E-state index contributed by atoms with van der Waals surface area (Å²) in [7, 11) is 0. The minimum atomic E-state index is -0.586. The lowest BCUT2D eigenvalue weighted by Crippen LogP contribution is -2.02. The number of aromatic nitrogens is 1. The van der Waals surface area contributed by atoms with Crippen LogP contribution in [0.4, 0.5) is 4.39 Å². The Kier molecular flexibility index (Phi) is 3.52. The Bertz CT molecular complexity index is 838. The van der Waals surface area contributed by atoms with Gasteiger partial charge < -0.3 is 4.98 Å². The van der Waals surface area contributed by atoms with E-state index in [1.807, 2.05) is 18.2 Å². The number of nitrogens with one attached hydrogen (secondary N) is 1. The first-order valence-corrected chi connectivity index (χ1v) is 7.09. The highest BCUT2D eigenvalue weighted by Gasteiger charge is 2.19. The molecule has 21 heavy (non-hydrogen) atoms. The van der Waals surface area contributed by atoms with Crippen LogP contribution in [-0.2, 0) is 6.42 Å². The molecule has 0 fully saturated rings. The molecule has 0 spiro atoms. The van der Waals surface area contributed by atoms with Gasteiger partial charge in [-0.3, -0.25) is 4.79 Å². The summed E-state index contributed by atoms with van der Waals surface area (Å²) >= 11 is 5.91. The van der Waals surface area contributed by atoms with Gasteiger partial charge in [0.25, 0.3) is 0 Å². The summed E-state index contributed by atoms with van der Waals surface area (Å²) in [4.78, 5) is 15.8. The second-order valence-corrected chi connectivity index (χ2v) is 5.20. The van der Waals surface area contributed by atoms with Gasteiger partial charge >= 0.3 is 0 Å². The van der Waals surface area contributed by atoms with E-state index in [1.165, 1.54) is 18.2 Å². The molecule has 0 bridgehead atoms. The van der Waals surface area contributed by atoms with Gasteiger partial charge in [0.15, 0.2) is 5.78 Å². The fraction of sp³-hybridized carbons (Fsp3) is 0.118. The molecule has 0 saturated heterocycles. The average molecular weight is 302 g/mol. The summed E-state index contributed by atoms with van der Waals surface area (Å²) in [5.74, 6) is -0.865. The predicted octanol–water partition coefficient (Wildman–Crippen LogP) is 4.75. The zero-order valence-corrected chi connectivity index (χ0v) is 12.2. The molecule has 2 aromatic carbocycles. The van der Waals surface area contributed by atoms with Crippen molar-refractivity contribution in [3.05, 3.63) is 70.1 Å². The second-order valence-electron chi connectivity index (χ2n) is 4.83. The van der Waals surface area contributed by atoms with E-state index in [0.717, 1.165) is 22.9 Å². The van der Waals surface area contributed by atoms with Crippen molar-refractivity contribution in [3.8, 4) is 0 Å². The number of carbonyl (C=O) groups is 1. The first-order valence-electron chi connectivity index (χ1n) is 6.71. The molecular formula is C17H13ClFNO. The first kappa shape index (κ1) is 13.8. The largest absolute Gasteiger partial charge is 0.360 e. The number of benzene rings is 2. The third-order valence-electron chi connectivity index (χ3n) is 3.62. The summed E-state index contributed by atoms with van der Waals surface area (Å²) in [6.45, 7) is 2.06. The average Bonchev–Trinajstić information content (AvgIpc) is 2.93. The van der Waals surface area contributed by atoms with Crippen LogP contribution >= 0.6 is 11.6 Å². The Morgan fingerprint density at radius 1 is 1.19 bits per heavy atom. The Hall–Kier alpha value is -2.13. The van der Waals surface area contributed by atoms with Crippen molar-refractivity contribution in [1.82, 2.24) is 4.98 Å². The summed E-state index contributed by atoms with van der Waals surface area (Å²) in [5, 5.41) is 0.697. The Morgan fingerprint density at radius 2 is 1.95 bits per heavy atom. The van der Waals surface area contributed by atoms with Crippen molar-refractivity contribution < 1.29 is 9.18 Å². The molecule has 1 N–H and O–H groups in total. The number of hydrogen-bond acceptors (Lipinski definition) is 1. The fourth-order valence-electron chi connectivity index (χ4n) is 2.52. The molecule has 0 saturated carbocycles. The van der Waals surface area contributed by atoms with Crippen LogP contribution in [0.3, 0.4) is 0 Å². The first-order chi connectivity index (χ1) is 10.1. The maximum absolute atomic E-state index is 13.5. The Labute approximate surface area is 126 Å². The lowest BCUT2D eigenvalue weighted by Gasteiger charge is -2.04. The summed E-state index contributed by atoms with van der Waals surface area (Å²) < 4.78 is 13.5. The van der Waals surface area contributed by atoms with E-state index in [0.29, 0.717) is 5.56 Å². The number of hydrogen-bond donors (Lipinski definition) is 1. The van der Waals surface area contributed by atoms with E-state index in [2.05, 4.69) is 11.9 Å². The summed E-state index contributed by atoms with van der Waals surface area (Å²) in [5.41, 5.74) is 2.76. The molecule has 3 rings (SSSR count). The molecule has 0 aliphatic heterocycles. The van der Waals surface area contributed by atoms with Crippen LogP contribution in [0.2, 0.25) is 5.02 Å². The fourth-order valence-corrected chi connectivity index (χ4v) is 2.74. The van der Waals surface area contributed by atoms with Gasteiger partial charge in [0.05, 0.1) is 5.02 Å². The lowest BCUT2D eigenvalue weighted by molar-refractivity contribution is 0.104. The van der Waals surface area contributed by atoms with Gasteiger partial charge in [0.2, 0.25) is 0 Å². The van der Waals surface area contributed by atoms with Crippen molar-refractivity contribution in [2.75, 3.05) is 0 Å². The maximum Gasteiger partial charge on any atom is 0.196 e. The number of ketones is 1. The summed E-state index contributed by atoms with van der Waals surface area (Å²) in [6.07, 6.45) is 2.53. The highest BCUT2D eigenvalue weighted by Crippen LogP contribution is 2.27. The van der Waals surface area contributed by atoms with E-state index in [1.54, 1.807) is 6.20 Å². The van der Waals surface area contributed by atoms with Crippen molar-refractivity contribution >= 4 is 28.3 Å². The molecule has 0 aliphatic carbocycles. The SMILES string of the molecule is CCc1cccc2c(C(=O)c3cccc(F)c3Cl)c[nH]c12. The minimum absolute atomic E-state index is 0.136. The number of aryl methyl sites for hydroxylation is 1. The van der Waals surface area contributed by atoms with Gasteiger partial charge in [-0.1, -0.05) is 42.8 Å². The van der Waals surface area contributed by atoms with Gasteiger partial charge in [0.1, 0.15) is 5.82 Å².